The van der Waals surface area contributed by atoms with Crippen molar-refractivity contribution in [2.24, 2.45) is 5.73 Å². The van der Waals surface area contributed by atoms with Crippen molar-refractivity contribution in [3.05, 3.63) is 46.0 Å². The van der Waals surface area contributed by atoms with Crippen LogP contribution in [0.3, 0.4) is 0 Å². The van der Waals surface area contributed by atoms with Gasteiger partial charge in [0.2, 0.25) is 5.91 Å². The molecule has 0 atom stereocenters. The molecule has 0 aliphatic rings. The number of nitro benzene ring substituents is 1. The van der Waals surface area contributed by atoms with Crippen LogP contribution in [0.5, 0.6) is 0 Å². The van der Waals surface area contributed by atoms with Crippen molar-refractivity contribution >= 4 is 17.7 Å². The van der Waals surface area contributed by atoms with Crippen molar-refractivity contribution < 1.29 is 9.72 Å². The van der Waals surface area contributed by atoms with Crippen LogP contribution < -0.4 is 5.73 Å². The lowest BCUT2D eigenvalue weighted by atomic mass is 10.1. The van der Waals surface area contributed by atoms with Crippen LogP contribution in [0.1, 0.15) is 5.56 Å². The Labute approximate surface area is 105 Å². The van der Waals surface area contributed by atoms with Gasteiger partial charge in [-0.15, -0.1) is 0 Å². The molecule has 0 bridgehead atoms. The van der Waals surface area contributed by atoms with E-state index in [1.165, 1.54) is 23.1 Å². The van der Waals surface area contributed by atoms with Crippen LogP contribution in [0, 0.1) is 10.1 Å². The molecule has 0 heterocycles. The number of nitrogens with two attached hydrogens (primary N) is 1. The molecule has 6 nitrogen and oxygen atoms in total. The molecule has 1 aromatic carbocycles. The Balaban J connectivity index is 2.84. The van der Waals surface area contributed by atoms with Gasteiger partial charge in [0.25, 0.3) is 5.69 Å². The Hall–Kier alpha value is -2.21. The summed E-state index contributed by atoms with van der Waals surface area (Å²) in [6, 6.07) is 6.25. The maximum atomic E-state index is 11.6. The minimum atomic E-state index is -0.478. The van der Waals surface area contributed by atoms with Gasteiger partial charge >= 0.3 is 0 Å². The molecule has 0 aliphatic carbocycles. The molecule has 0 saturated heterocycles. The topological polar surface area (TPSA) is 89.5 Å². The number of likely N-dealkylation sites (N-methyl/N-ethyl adjacent to an activating group) is 1. The van der Waals surface area contributed by atoms with Gasteiger partial charge in [-0.3, -0.25) is 14.9 Å². The zero-order valence-corrected chi connectivity index (χ0v) is 10.1. The average Bonchev–Trinajstić information content (AvgIpc) is 2.36. The van der Waals surface area contributed by atoms with Gasteiger partial charge in [-0.2, -0.15) is 0 Å². The van der Waals surface area contributed by atoms with Crippen molar-refractivity contribution in [2.75, 3.05) is 20.1 Å². The average molecular weight is 249 g/mol. The number of carbonyl (C=O) groups is 1. The molecule has 0 radical (unpaired) electrons. The second-order valence-corrected chi connectivity index (χ2v) is 3.70. The second-order valence-electron chi connectivity index (χ2n) is 3.70. The summed E-state index contributed by atoms with van der Waals surface area (Å²) >= 11 is 0. The fourth-order valence-corrected chi connectivity index (χ4v) is 1.39. The molecule has 0 fully saturated rings. The molecular weight excluding hydrogens is 234 g/mol. The van der Waals surface area contributed by atoms with E-state index in [4.69, 9.17) is 5.73 Å². The molecule has 0 aromatic heterocycles. The number of para-hydroxylation sites is 1. The smallest absolute Gasteiger partial charge is 0.276 e. The maximum absolute atomic E-state index is 11.6. The minimum Gasteiger partial charge on any atom is -0.341 e. The molecule has 2 N–H and O–H groups in total. The summed E-state index contributed by atoms with van der Waals surface area (Å²) < 4.78 is 0. The molecule has 96 valence electrons. The Bertz CT molecular complexity index is 471. The van der Waals surface area contributed by atoms with Gasteiger partial charge in [0, 0.05) is 32.3 Å². The number of hydrogen-bond acceptors (Lipinski definition) is 4. The molecule has 6 heteroatoms. The third-order valence-electron chi connectivity index (χ3n) is 2.38. The minimum absolute atomic E-state index is 0.0250. The highest BCUT2D eigenvalue weighted by atomic mass is 16.6. The number of hydrogen-bond donors (Lipinski definition) is 1. The fraction of sp³-hybridized carbons (Fsp3) is 0.250. The van der Waals surface area contributed by atoms with E-state index in [1.54, 1.807) is 25.2 Å². The molecule has 1 aromatic rings. The summed E-state index contributed by atoms with van der Waals surface area (Å²) in [5.41, 5.74) is 5.71. The van der Waals surface area contributed by atoms with Crippen LogP contribution in [0.15, 0.2) is 30.3 Å². The van der Waals surface area contributed by atoms with Crippen LogP contribution in [-0.2, 0) is 4.79 Å². The van der Waals surface area contributed by atoms with Gasteiger partial charge in [0.1, 0.15) is 0 Å². The van der Waals surface area contributed by atoms with Gasteiger partial charge in [-0.25, -0.2) is 0 Å². The first kappa shape index (κ1) is 13.9. The summed E-state index contributed by atoms with van der Waals surface area (Å²) in [6.45, 7) is 0.821. The number of carbonyl (C=O) groups excluding carboxylic acids is 1. The zero-order valence-electron chi connectivity index (χ0n) is 10.1. The number of amides is 1. The van der Waals surface area contributed by atoms with Crippen LogP contribution in [-0.4, -0.2) is 35.9 Å². The van der Waals surface area contributed by atoms with E-state index in [2.05, 4.69) is 0 Å². The van der Waals surface area contributed by atoms with Gasteiger partial charge in [-0.1, -0.05) is 12.1 Å². The molecule has 0 unspecified atom stereocenters. The van der Waals surface area contributed by atoms with Gasteiger partial charge in [0.15, 0.2) is 0 Å². The monoisotopic (exact) mass is 249 g/mol. The molecule has 0 saturated carbocycles. The SMILES string of the molecule is CN(CCN)C(=O)C=Cc1ccccc1[N+](=O)[O-]. The van der Waals surface area contributed by atoms with Crippen molar-refractivity contribution in [1.82, 2.24) is 4.90 Å². The third-order valence-corrected chi connectivity index (χ3v) is 2.38. The van der Waals surface area contributed by atoms with Crippen LogP contribution in [0.25, 0.3) is 6.08 Å². The summed E-state index contributed by atoms with van der Waals surface area (Å²) in [5.74, 6) is -0.237. The van der Waals surface area contributed by atoms with Crippen molar-refractivity contribution in [3.63, 3.8) is 0 Å². The summed E-state index contributed by atoms with van der Waals surface area (Å²) in [6.07, 6.45) is 2.74. The van der Waals surface area contributed by atoms with Crippen molar-refractivity contribution in [2.45, 2.75) is 0 Å². The number of nitrogens with zero attached hydrogens (tertiary/aromatic N) is 2. The van der Waals surface area contributed by atoms with E-state index in [1.807, 2.05) is 0 Å². The molecule has 1 rings (SSSR count). The molecule has 0 spiro atoms. The predicted molar refractivity (Wildman–Crippen MR) is 68.8 cm³/mol. The third kappa shape index (κ3) is 3.67. The van der Waals surface area contributed by atoms with Crippen molar-refractivity contribution in [1.29, 1.82) is 0 Å². The predicted octanol–water partition coefficient (Wildman–Crippen LogP) is 1.03. The van der Waals surface area contributed by atoms with Crippen molar-refractivity contribution in [3.8, 4) is 0 Å². The van der Waals surface area contributed by atoms with Gasteiger partial charge in [-0.05, 0) is 12.1 Å². The first-order valence-electron chi connectivity index (χ1n) is 5.43. The Morgan fingerprint density at radius 2 is 2.17 bits per heavy atom. The van der Waals surface area contributed by atoms with E-state index in [-0.39, 0.29) is 11.6 Å². The first-order valence-corrected chi connectivity index (χ1v) is 5.43. The highest BCUT2D eigenvalue weighted by molar-refractivity contribution is 5.92. The Morgan fingerprint density at radius 3 is 2.78 bits per heavy atom. The van der Waals surface area contributed by atoms with E-state index in [9.17, 15) is 14.9 Å². The first-order chi connectivity index (χ1) is 8.56. The molecule has 1 amide bonds. The standard InChI is InChI=1S/C12H15N3O3/c1-14(9-8-13)12(16)7-6-10-4-2-3-5-11(10)15(17)18/h2-7H,8-9,13H2,1H3. The largest absolute Gasteiger partial charge is 0.341 e. The number of nitro groups is 1. The van der Waals surface area contributed by atoms with E-state index in [0.717, 1.165) is 0 Å². The van der Waals surface area contributed by atoms with E-state index >= 15 is 0 Å². The quantitative estimate of drug-likeness (QED) is 0.479. The lowest BCUT2D eigenvalue weighted by Crippen LogP contribution is -2.30. The van der Waals surface area contributed by atoms with Crippen LogP contribution >= 0.6 is 0 Å². The summed E-state index contributed by atoms with van der Waals surface area (Å²) in [4.78, 5) is 23.3. The number of rotatable bonds is 5. The Morgan fingerprint density at radius 1 is 1.50 bits per heavy atom. The van der Waals surface area contributed by atoms with Crippen LogP contribution in [0.4, 0.5) is 5.69 Å². The summed E-state index contributed by atoms with van der Waals surface area (Å²) in [5, 5.41) is 10.8. The van der Waals surface area contributed by atoms with E-state index in [0.29, 0.717) is 18.7 Å². The van der Waals surface area contributed by atoms with Crippen LogP contribution in [0.2, 0.25) is 0 Å². The highest BCUT2D eigenvalue weighted by Crippen LogP contribution is 2.18. The van der Waals surface area contributed by atoms with Gasteiger partial charge in [0.05, 0.1) is 10.5 Å². The second kappa shape index (κ2) is 6.51. The molecule has 18 heavy (non-hydrogen) atoms. The number of benzene rings is 1. The zero-order chi connectivity index (χ0) is 13.5. The highest BCUT2D eigenvalue weighted by Gasteiger charge is 2.10. The molecular formula is C12H15N3O3. The molecule has 0 aliphatic heterocycles. The fourth-order valence-electron chi connectivity index (χ4n) is 1.39. The lowest BCUT2D eigenvalue weighted by Gasteiger charge is -2.12. The normalized spacial score (nSPS) is 10.6. The Kier molecular flexibility index (Phi) is 5.01. The lowest BCUT2D eigenvalue weighted by molar-refractivity contribution is -0.385. The maximum Gasteiger partial charge on any atom is 0.276 e. The van der Waals surface area contributed by atoms with Gasteiger partial charge < -0.3 is 10.6 Å². The summed E-state index contributed by atoms with van der Waals surface area (Å²) in [7, 11) is 1.62. The van der Waals surface area contributed by atoms with E-state index < -0.39 is 4.92 Å².